The summed E-state index contributed by atoms with van der Waals surface area (Å²) in [6, 6.07) is 7.02. The average Bonchev–Trinajstić information content (AvgIpc) is 2.46. The van der Waals surface area contributed by atoms with Crippen molar-refractivity contribution in [2.75, 3.05) is 0 Å². The molecule has 0 aliphatic heterocycles. The molecular weight excluding hydrogens is 178 g/mol. The molecule has 0 radical (unpaired) electrons. The van der Waals surface area contributed by atoms with Crippen LogP contribution in [0.2, 0.25) is 0 Å². The van der Waals surface area contributed by atoms with Crippen LogP contribution in [-0.2, 0) is 0 Å². The third-order valence-corrected chi connectivity index (χ3v) is 2.07. The van der Waals surface area contributed by atoms with Gasteiger partial charge in [-0.1, -0.05) is 6.07 Å². The Morgan fingerprint density at radius 2 is 1.79 bits per heavy atom. The molecule has 1 aromatic heterocycles. The van der Waals surface area contributed by atoms with Gasteiger partial charge in [-0.3, -0.25) is 4.57 Å². The summed E-state index contributed by atoms with van der Waals surface area (Å²) in [5, 5.41) is 17.2. The van der Waals surface area contributed by atoms with Crippen LogP contribution in [0.3, 0.4) is 0 Å². The van der Waals surface area contributed by atoms with E-state index >= 15 is 0 Å². The summed E-state index contributed by atoms with van der Waals surface area (Å²) in [5.41, 5.74) is 0.880. The van der Waals surface area contributed by atoms with E-state index in [2.05, 4.69) is 10.2 Å². The van der Waals surface area contributed by atoms with E-state index in [-0.39, 0.29) is 5.75 Å². The maximum atomic E-state index is 9.34. The summed E-state index contributed by atoms with van der Waals surface area (Å²) in [4.78, 5) is 0. The van der Waals surface area contributed by atoms with Crippen LogP contribution in [0, 0.1) is 13.8 Å². The molecular formula is C10H11N3O. The molecule has 2 rings (SSSR count). The van der Waals surface area contributed by atoms with Gasteiger partial charge in [0.25, 0.3) is 0 Å². The first kappa shape index (κ1) is 8.74. The third-order valence-electron chi connectivity index (χ3n) is 2.07. The molecule has 0 saturated heterocycles. The highest BCUT2D eigenvalue weighted by molar-refractivity contribution is 5.39. The van der Waals surface area contributed by atoms with Crippen molar-refractivity contribution < 1.29 is 5.11 Å². The lowest BCUT2D eigenvalue weighted by molar-refractivity contribution is 0.475. The number of aryl methyl sites for hydroxylation is 2. The molecule has 4 nitrogen and oxygen atoms in total. The van der Waals surface area contributed by atoms with Gasteiger partial charge in [0, 0.05) is 6.07 Å². The fourth-order valence-corrected chi connectivity index (χ4v) is 1.47. The monoisotopic (exact) mass is 189 g/mol. The number of aromatic hydroxyl groups is 1. The molecule has 4 heteroatoms. The summed E-state index contributed by atoms with van der Waals surface area (Å²) < 4.78 is 1.89. The van der Waals surface area contributed by atoms with Crippen molar-refractivity contribution >= 4 is 0 Å². The van der Waals surface area contributed by atoms with Crippen molar-refractivity contribution in [1.29, 1.82) is 0 Å². The Bertz CT molecular complexity index is 443. The maximum absolute atomic E-state index is 9.34. The van der Waals surface area contributed by atoms with E-state index in [0.717, 1.165) is 17.3 Å². The van der Waals surface area contributed by atoms with Gasteiger partial charge < -0.3 is 5.11 Å². The second-order valence-corrected chi connectivity index (χ2v) is 3.15. The normalized spacial score (nSPS) is 10.4. The lowest BCUT2D eigenvalue weighted by atomic mass is 10.3. The van der Waals surface area contributed by atoms with Gasteiger partial charge in [0.1, 0.15) is 17.4 Å². The van der Waals surface area contributed by atoms with E-state index in [4.69, 9.17) is 0 Å². The number of phenols is 1. The second kappa shape index (κ2) is 3.14. The van der Waals surface area contributed by atoms with Crippen molar-refractivity contribution in [2.45, 2.75) is 13.8 Å². The molecule has 0 aliphatic carbocycles. The summed E-state index contributed by atoms with van der Waals surface area (Å²) in [5.74, 6) is 1.87. The third kappa shape index (κ3) is 1.35. The van der Waals surface area contributed by atoms with Crippen LogP contribution in [0.1, 0.15) is 11.6 Å². The highest BCUT2D eigenvalue weighted by atomic mass is 16.3. The van der Waals surface area contributed by atoms with E-state index in [0.29, 0.717) is 0 Å². The zero-order valence-corrected chi connectivity index (χ0v) is 8.10. The quantitative estimate of drug-likeness (QED) is 0.741. The van der Waals surface area contributed by atoms with Crippen molar-refractivity contribution in [3.63, 3.8) is 0 Å². The lowest BCUT2D eigenvalue weighted by Gasteiger charge is -2.05. The second-order valence-electron chi connectivity index (χ2n) is 3.15. The highest BCUT2D eigenvalue weighted by Gasteiger charge is 2.06. The molecule has 1 aromatic carbocycles. The van der Waals surface area contributed by atoms with Crippen LogP contribution in [-0.4, -0.2) is 19.9 Å². The Hall–Kier alpha value is -1.84. The SMILES string of the molecule is Cc1nnc(C)n1-c1cccc(O)c1. The van der Waals surface area contributed by atoms with Crippen LogP contribution in [0.5, 0.6) is 5.75 Å². The smallest absolute Gasteiger partial charge is 0.134 e. The van der Waals surface area contributed by atoms with E-state index in [1.807, 2.05) is 24.5 Å². The van der Waals surface area contributed by atoms with E-state index in [1.165, 1.54) is 0 Å². The topological polar surface area (TPSA) is 50.9 Å². The fraction of sp³-hybridized carbons (Fsp3) is 0.200. The fourth-order valence-electron chi connectivity index (χ4n) is 1.47. The van der Waals surface area contributed by atoms with Gasteiger partial charge in [-0.05, 0) is 26.0 Å². The van der Waals surface area contributed by atoms with Gasteiger partial charge in [-0.2, -0.15) is 0 Å². The molecule has 1 N–H and O–H groups in total. The minimum atomic E-state index is 0.245. The van der Waals surface area contributed by atoms with E-state index < -0.39 is 0 Å². The summed E-state index contributed by atoms with van der Waals surface area (Å²) in [7, 11) is 0. The molecule has 72 valence electrons. The van der Waals surface area contributed by atoms with Crippen molar-refractivity contribution in [1.82, 2.24) is 14.8 Å². The largest absolute Gasteiger partial charge is 0.508 e. The highest BCUT2D eigenvalue weighted by Crippen LogP contribution is 2.17. The zero-order valence-electron chi connectivity index (χ0n) is 8.10. The number of aromatic nitrogens is 3. The van der Waals surface area contributed by atoms with Gasteiger partial charge >= 0.3 is 0 Å². The van der Waals surface area contributed by atoms with Gasteiger partial charge in [-0.15, -0.1) is 10.2 Å². The van der Waals surface area contributed by atoms with Crippen molar-refractivity contribution in [2.24, 2.45) is 0 Å². The van der Waals surface area contributed by atoms with E-state index in [9.17, 15) is 5.11 Å². The van der Waals surface area contributed by atoms with Crippen LogP contribution < -0.4 is 0 Å². The Balaban J connectivity index is 2.59. The van der Waals surface area contributed by atoms with Crippen molar-refractivity contribution in [3.05, 3.63) is 35.9 Å². The molecule has 0 spiro atoms. The molecule has 2 aromatic rings. The molecule has 0 atom stereocenters. The molecule has 0 aliphatic rings. The Morgan fingerprint density at radius 1 is 1.14 bits per heavy atom. The Morgan fingerprint density at radius 3 is 2.36 bits per heavy atom. The summed E-state index contributed by atoms with van der Waals surface area (Å²) in [6.45, 7) is 3.76. The van der Waals surface area contributed by atoms with Gasteiger partial charge in [-0.25, -0.2) is 0 Å². The first-order chi connectivity index (χ1) is 6.68. The molecule has 0 unspecified atom stereocenters. The molecule has 14 heavy (non-hydrogen) atoms. The number of benzene rings is 1. The number of hydrogen-bond acceptors (Lipinski definition) is 3. The van der Waals surface area contributed by atoms with Crippen molar-refractivity contribution in [3.8, 4) is 11.4 Å². The Labute approximate surface area is 81.8 Å². The van der Waals surface area contributed by atoms with Gasteiger partial charge in [0.15, 0.2) is 0 Å². The summed E-state index contributed by atoms with van der Waals surface area (Å²) >= 11 is 0. The van der Waals surface area contributed by atoms with Crippen LogP contribution in [0.25, 0.3) is 5.69 Å². The minimum Gasteiger partial charge on any atom is -0.508 e. The number of rotatable bonds is 1. The average molecular weight is 189 g/mol. The molecule has 0 amide bonds. The number of hydrogen-bond donors (Lipinski definition) is 1. The first-order valence-electron chi connectivity index (χ1n) is 4.36. The minimum absolute atomic E-state index is 0.245. The maximum Gasteiger partial charge on any atom is 0.134 e. The van der Waals surface area contributed by atoms with E-state index in [1.54, 1.807) is 18.2 Å². The molecule has 0 saturated carbocycles. The number of phenolic OH excluding ortho intramolecular Hbond substituents is 1. The molecule has 0 fully saturated rings. The summed E-state index contributed by atoms with van der Waals surface area (Å²) in [6.07, 6.45) is 0. The van der Waals surface area contributed by atoms with Crippen LogP contribution in [0.4, 0.5) is 0 Å². The predicted molar refractivity (Wildman–Crippen MR) is 52.5 cm³/mol. The lowest BCUT2D eigenvalue weighted by Crippen LogP contribution is -1.98. The van der Waals surface area contributed by atoms with Gasteiger partial charge in [0.2, 0.25) is 0 Å². The first-order valence-corrected chi connectivity index (χ1v) is 4.36. The van der Waals surface area contributed by atoms with Gasteiger partial charge in [0.05, 0.1) is 5.69 Å². The molecule has 0 bridgehead atoms. The van der Waals surface area contributed by atoms with Crippen LogP contribution >= 0.6 is 0 Å². The predicted octanol–water partition coefficient (Wildman–Crippen LogP) is 1.59. The zero-order chi connectivity index (χ0) is 10.1. The standard InChI is InChI=1S/C10H11N3O/c1-7-11-12-8(2)13(7)9-4-3-5-10(14)6-9/h3-6,14H,1-2H3. The molecule has 1 heterocycles. The number of nitrogens with zero attached hydrogens (tertiary/aromatic N) is 3. The van der Waals surface area contributed by atoms with Crippen LogP contribution in [0.15, 0.2) is 24.3 Å². The Kier molecular flexibility index (Phi) is 1.96.